The third-order valence-electron chi connectivity index (χ3n) is 7.33. The number of unbranched alkanes of at least 4 members (excludes halogenated alkanes) is 2. The van der Waals surface area contributed by atoms with E-state index in [1.54, 1.807) is 0 Å². The third kappa shape index (κ3) is 6.79. The molecule has 178 valence electrons. The maximum atomic E-state index is 11.2. The van der Waals surface area contributed by atoms with Gasteiger partial charge in [-0.3, -0.25) is 0 Å². The van der Waals surface area contributed by atoms with Gasteiger partial charge in [-0.05, 0) is 50.0 Å². The van der Waals surface area contributed by atoms with Gasteiger partial charge in [0.1, 0.15) is 12.4 Å². The van der Waals surface area contributed by atoms with Crippen LogP contribution in [0.25, 0.3) is 0 Å². The zero-order valence-corrected chi connectivity index (χ0v) is 20.0. The van der Waals surface area contributed by atoms with Gasteiger partial charge in [-0.15, -0.1) is 0 Å². The first-order valence-electron chi connectivity index (χ1n) is 12.7. The predicted molar refractivity (Wildman–Crippen MR) is 122 cm³/mol. The number of hydrogen-bond acceptors (Lipinski definition) is 5. The molecule has 3 unspecified atom stereocenters. The number of carbonyl (C=O) groups is 1. The zero-order chi connectivity index (χ0) is 22.2. The van der Waals surface area contributed by atoms with Gasteiger partial charge in [0.25, 0.3) is 0 Å². The average Bonchev–Trinajstić information content (AvgIpc) is 3.38. The van der Waals surface area contributed by atoms with Crippen LogP contribution in [0, 0.1) is 17.3 Å². The van der Waals surface area contributed by atoms with Crippen molar-refractivity contribution in [2.75, 3.05) is 26.4 Å². The quantitative estimate of drug-likeness (QED) is 0.219. The maximum absolute atomic E-state index is 11.2. The second-order valence-electron chi connectivity index (χ2n) is 10.4. The summed E-state index contributed by atoms with van der Waals surface area (Å²) < 4.78 is 24.6. The highest BCUT2D eigenvalue weighted by atomic mass is 16.7. The molecule has 0 amide bonds. The van der Waals surface area contributed by atoms with Gasteiger partial charge in [0.05, 0.1) is 25.6 Å². The molecular weight excluding hydrogens is 392 g/mol. The van der Waals surface area contributed by atoms with Gasteiger partial charge >= 0.3 is 0 Å². The molecule has 2 saturated heterocycles. The van der Waals surface area contributed by atoms with E-state index >= 15 is 0 Å². The summed E-state index contributed by atoms with van der Waals surface area (Å²) in [5, 5.41) is 0. The molecular formula is C26H44O5. The summed E-state index contributed by atoms with van der Waals surface area (Å²) in [7, 11) is 0. The molecule has 31 heavy (non-hydrogen) atoms. The van der Waals surface area contributed by atoms with E-state index in [4.69, 9.17) is 18.9 Å². The molecule has 2 aliphatic heterocycles. The number of hydrogen-bond donors (Lipinski definition) is 0. The first-order valence-corrected chi connectivity index (χ1v) is 12.7. The average molecular weight is 437 g/mol. The number of allylic oxidation sites excluding steroid dienone is 2. The number of ether oxygens (including phenoxy) is 4. The Morgan fingerprint density at radius 1 is 1.16 bits per heavy atom. The molecule has 0 radical (unpaired) electrons. The van der Waals surface area contributed by atoms with Crippen LogP contribution < -0.4 is 0 Å². The lowest BCUT2D eigenvalue weighted by molar-refractivity contribution is -0.188. The second kappa shape index (κ2) is 11.8. The predicted octanol–water partition coefficient (Wildman–Crippen LogP) is 5.81. The van der Waals surface area contributed by atoms with Gasteiger partial charge in [0.15, 0.2) is 5.79 Å². The Hall–Kier alpha value is -0.910. The molecule has 5 nitrogen and oxygen atoms in total. The molecule has 2 heterocycles. The van der Waals surface area contributed by atoms with Crippen molar-refractivity contribution in [3.63, 3.8) is 0 Å². The van der Waals surface area contributed by atoms with Crippen LogP contribution in [0.3, 0.4) is 0 Å². The molecule has 3 atom stereocenters. The second-order valence-corrected chi connectivity index (χ2v) is 10.4. The lowest BCUT2D eigenvalue weighted by atomic mass is 9.81. The molecule has 0 aromatic rings. The van der Waals surface area contributed by atoms with E-state index in [9.17, 15) is 4.79 Å². The summed E-state index contributed by atoms with van der Waals surface area (Å²) in [6, 6.07) is 0. The molecule has 3 fully saturated rings. The van der Waals surface area contributed by atoms with Crippen LogP contribution in [-0.4, -0.2) is 44.6 Å². The van der Waals surface area contributed by atoms with Crippen LogP contribution in [0.5, 0.6) is 0 Å². The molecule has 0 aromatic heterocycles. The highest BCUT2D eigenvalue weighted by Gasteiger charge is 2.54. The number of aldehydes is 1. The fourth-order valence-corrected chi connectivity index (χ4v) is 5.50. The topological polar surface area (TPSA) is 54.0 Å². The smallest absolute Gasteiger partial charge is 0.172 e. The number of rotatable bonds is 12. The first kappa shape index (κ1) is 24.7. The lowest BCUT2D eigenvalue weighted by Gasteiger charge is -2.34. The molecule has 1 aliphatic carbocycles. The standard InChI is InChI=1S/C26H44O5/c1-4-5-6-13-25(2,3)14-12-24(31-21-9-8-17-28-20-21)22-11-15-26(29-18-19-30-26)23(22)10-7-16-27/h12,16,21-23H,4-11,13-15,17-20H2,1-3H3. The SMILES string of the molecule is CCCCCC(C)(C)CC=C(OC1CCCOC1)C1CCC2(OCCO2)C1CCC=O. The summed E-state index contributed by atoms with van der Waals surface area (Å²) >= 11 is 0. The van der Waals surface area contributed by atoms with Crippen LogP contribution >= 0.6 is 0 Å². The third-order valence-corrected chi connectivity index (χ3v) is 7.33. The van der Waals surface area contributed by atoms with Crippen LogP contribution in [0.15, 0.2) is 11.8 Å². The highest BCUT2D eigenvalue weighted by molar-refractivity contribution is 5.49. The van der Waals surface area contributed by atoms with Crippen molar-refractivity contribution in [1.82, 2.24) is 0 Å². The van der Waals surface area contributed by atoms with E-state index < -0.39 is 5.79 Å². The maximum Gasteiger partial charge on any atom is 0.172 e. The molecule has 0 aromatic carbocycles. The van der Waals surface area contributed by atoms with E-state index in [0.29, 0.717) is 26.2 Å². The Labute approximate surface area is 189 Å². The van der Waals surface area contributed by atoms with Gasteiger partial charge < -0.3 is 23.7 Å². The largest absolute Gasteiger partial charge is 0.492 e. The molecule has 1 saturated carbocycles. The van der Waals surface area contributed by atoms with Crippen molar-refractivity contribution in [3.8, 4) is 0 Å². The van der Waals surface area contributed by atoms with E-state index in [2.05, 4.69) is 26.8 Å². The first-order chi connectivity index (χ1) is 15.0. The van der Waals surface area contributed by atoms with Crippen LogP contribution in [0.1, 0.15) is 91.4 Å². The Morgan fingerprint density at radius 2 is 1.97 bits per heavy atom. The monoisotopic (exact) mass is 436 g/mol. The Kier molecular flexibility index (Phi) is 9.42. The highest BCUT2D eigenvalue weighted by Crippen LogP contribution is 2.51. The summed E-state index contributed by atoms with van der Waals surface area (Å²) in [5.74, 6) is 0.965. The number of carbonyl (C=O) groups excluding carboxylic acids is 1. The van der Waals surface area contributed by atoms with Crippen molar-refractivity contribution in [2.45, 2.75) is 103 Å². The molecule has 0 bridgehead atoms. The minimum Gasteiger partial charge on any atom is -0.492 e. The fourth-order valence-electron chi connectivity index (χ4n) is 5.50. The van der Waals surface area contributed by atoms with Crippen LogP contribution in [0.4, 0.5) is 0 Å². The molecule has 1 spiro atoms. The van der Waals surface area contributed by atoms with Gasteiger partial charge in [0.2, 0.25) is 0 Å². The van der Waals surface area contributed by atoms with Gasteiger partial charge in [-0.2, -0.15) is 0 Å². The Bertz CT molecular complexity index is 572. The van der Waals surface area contributed by atoms with Crippen molar-refractivity contribution < 1.29 is 23.7 Å². The van der Waals surface area contributed by atoms with Crippen molar-refractivity contribution in [2.24, 2.45) is 17.3 Å². The van der Waals surface area contributed by atoms with Crippen molar-refractivity contribution >= 4 is 6.29 Å². The molecule has 5 heteroatoms. The van der Waals surface area contributed by atoms with E-state index in [-0.39, 0.29) is 23.4 Å². The summed E-state index contributed by atoms with van der Waals surface area (Å²) in [5.41, 5.74) is 0.252. The van der Waals surface area contributed by atoms with E-state index in [1.807, 2.05) is 0 Å². The Balaban J connectivity index is 1.77. The minimum atomic E-state index is -0.532. The fraction of sp³-hybridized carbons (Fsp3) is 0.885. The minimum absolute atomic E-state index is 0.122. The van der Waals surface area contributed by atoms with Crippen molar-refractivity contribution in [1.29, 1.82) is 0 Å². The van der Waals surface area contributed by atoms with Crippen molar-refractivity contribution in [3.05, 3.63) is 11.8 Å². The van der Waals surface area contributed by atoms with E-state index in [1.165, 1.54) is 25.7 Å². The normalized spacial score (nSPS) is 28.9. The Morgan fingerprint density at radius 3 is 2.65 bits per heavy atom. The molecule has 3 rings (SSSR count). The molecule has 0 N–H and O–H groups in total. The molecule has 3 aliphatic rings. The zero-order valence-electron chi connectivity index (χ0n) is 20.0. The lowest BCUT2D eigenvalue weighted by Crippen LogP contribution is -2.38. The summed E-state index contributed by atoms with van der Waals surface area (Å²) in [6.45, 7) is 9.78. The summed E-state index contributed by atoms with van der Waals surface area (Å²) in [6.07, 6.45) is 14.8. The van der Waals surface area contributed by atoms with Gasteiger partial charge in [-0.1, -0.05) is 40.0 Å². The van der Waals surface area contributed by atoms with Gasteiger partial charge in [0, 0.05) is 31.3 Å². The van der Waals surface area contributed by atoms with Crippen LogP contribution in [-0.2, 0) is 23.7 Å². The van der Waals surface area contributed by atoms with Gasteiger partial charge in [-0.25, -0.2) is 0 Å². The summed E-state index contributed by atoms with van der Waals surface area (Å²) in [4.78, 5) is 11.2. The van der Waals surface area contributed by atoms with Crippen LogP contribution in [0.2, 0.25) is 0 Å². The van der Waals surface area contributed by atoms with E-state index in [0.717, 1.165) is 57.2 Å².